The Hall–Kier alpha value is -3.28. The predicted molar refractivity (Wildman–Crippen MR) is 90.2 cm³/mol. The van der Waals surface area contributed by atoms with Crippen LogP contribution in [0.3, 0.4) is 0 Å². The molecule has 2 aromatic rings. The van der Waals surface area contributed by atoms with Crippen molar-refractivity contribution in [1.29, 1.82) is 0 Å². The van der Waals surface area contributed by atoms with Gasteiger partial charge in [0.15, 0.2) is 5.70 Å². The van der Waals surface area contributed by atoms with Crippen LogP contribution in [0.1, 0.15) is 11.8 Å². The third kappa shape index (κ3) is 3.06. The third-order valence-corrected chi connectivity index (χ3v) is 3.79. The summed E-state index contributed by atoms with van der Waals surface area (Å²) in [4.78, 5) is 26.2. The quantitative estimate of drug-likeness (QED) is 0.798. The van der Waals surface area contributed by atoms with Gasteiger partial charge in [0.05, 0.1) is 14.2 Å². The highest BCUT2D eigenvalue weighted by molar-refractivity contribution is 6.02. The summed E-state index contributed by atoms with van der Waals surface area (Å²) >= 11 is 0. The van der Waals surface area contributed by atoms with E-state index in [1.165, 1.54) is 14.2 Å². The van der Waals surface area contributed by atoms with Crippen molar-refractivity contribution >= 4 is 17.6 Å². The maximum absolute atomic E-state index is 12.4. The van der Waals surface area contributed by atoms with Crippen LogP contribution in [0.5, 0.6) is 0 Å². The number of para-hydroxylation sites is 1. The number of carbonyl (C=O) groups excluding carboxylic acids is 2. The molecule has 1 unspecified atom stereocenters. The zero-order valence-electron chi connectivity index (χ0n) is 13.8. The van der Waals surface area contributed by atoms with E-state index in [1.54, 1.807) is 4.90 Å². The minimum absolute atomic E-state index is 0.00871. The van der Waals surface area contributed by atoms with Gasteiger partial charge in [-0.05, 0) is 12.1 Å². The van der Waals surface area contributed by atoms with Crippen molar-refractivity contribution in [3.63, 3.8) is 0 Å². The van der Waals surface area contributed by atoms with Crippen LogP contribution in [0.15, 0.2) is 72.1 Å². The molecule has 0 aromatic heterocycles. The lowest BCUT2D eigenvalue weighted by atomic mass is 10.1. The van der Waals surface area contributed by atoms with Gasteiger partial charge in [0.2, 0.25) is 12.0 Å². The third-order valence-electron chi connectivity index (χ3n) is 3.79. The molecule has 128 valence electrons. The fourth-order valence-electron chi connectivity index (χ4n) is 2.66. The van der Waals surface area contributed by atoms with Gasteiger partial charge in [0.25, 0.3) is 0 Å². The largest absolute Gasteiger partial charge is 0.464 e. The Balaban J connectivity index is 2.16. The van der Waals surface area contributed by atoms with Gasteiger partial charge in [0.1, 0.15) is 0 Å². The van der Waals surface area contributed by atoms with Crippen LogP contribution in [-0.4, -0.2) is 26.2 Å². The Labute approximate surface area is 145 Å². The van der Waals surface area contributed by atoms with E-state index < -0.39 is 18.2 Å². The normalized spacial score (nSPS) is 16.4. The number of anilines is 1. The highest BCUT2D eigenvalue weighted by Crippen LogP contribution is 2.41. The molecule has 25 heavy (non-hydrogen) atoms. The molecule has 0 bridgehead atoms. The number of benzene rings is 2. The SMILES string of the molecule is COC(=O)C1=C(C(=O)OC)N(c2ccccc2)C(c2ccccc2)O1. The standard InChI is InChI=1S/C19H17NO5/c1-23-18(21)15-16(19(22)24-2)25-17(13-9-5-3-6-10-13)20(15)14-11-7-4-8-12-14/h3-12,17H,1-2H3. The van der Waals surface area contributed by atoms with E-state index in [-0.39, 0.29) is 11.5 Å². The summed E-state index contributed by atoms with van der Waals surface area (Å²) in [7, 11) is 2.49. The molecule has 2 aromatic carbocycles. The van der Waals surface area contributed by atoms with E-state index in [4.69, 9.17) is 14.2 Å². The molecule has 1 aliphatic heterocycles. The predicted octanol–water partition coefficient (Wildman–Crippen LogP) is 2.78. The molecule has 0 radical (unpaired) electrons. The molecule has 1 aliphatic rings. The summed E-state index contributed by atoms with van der Waals surface area (Å²) in [5.41, 5.74) is 1.48. The maximum Gasteiger partial charge on any atom is 0.375 e. The molecule has 0 spiro atoms. The van der Waals surface area contributed by atoms with Gasteiger partial charge in [-0.2, -0.15) is 0 Å². The molecule has 0 aliphatic carbocycles. The molecule has 6 nitrogen and oxygen atoms in total. The lowest BCUT2D eigenvalue weighted by molar-refractivity contribution is -0.142. The van der Waals surface area contributed by atoms with E-state index in [9.17, 15) is 9.59 Å². The van der Waals surface area contributed by atoms with Crippen molar-refractivity contribution in [3.8, 4) is 0 Å². The van der Waals surface area contributed by atoms with Crippen molar-refractivity contribution in [1.82, 2.24) is 0 Å². The number of rotatable bonds is 4. The summed E-state index contributed by atoms with van der Waals surface area (Å²) in [6, 6.07) is 18.5. The second kappa shape index (κ2) is 7.09. The fraction of sp³-hybridized carbons (Fsp3) is 0.158. The number of hydrogen-bond donors (Lipinski definition) is 0. The summed E-state index contributed by atoms with van der Waals surface area (Å²) in [6.45, 7) is 0. The average molecular weight is 339 g/mol. The van der Waals surface area contributed by atoms with Crippen molar-refractivity contribution in [3.05, 3.63) is 77.7 Å². The molecular formula is C19H17NO5. The van der Waals surface area contributed by atoms with Gasteiger partial charge in [-0.15, -0.1) is 0 Å². The molecule has 0 amide bonds. The van der Waals surface area contributed by atoms with E-state index >= 15 is 0 Å². The Morgan fingerprint density at radius 1 is 0.880 bits per heavy atom. The Morgan fingerprint density at radius 3 is 2.00 bits per heavy atom. The van der Waals surface area contributed by atoms with Crippen LogP contribution in [0, 0.1) is 0 Å². The Morgan fingerprint density at radius 2 is 1.44 bits per heavy atom. The first kappa shape index (κ1) is 16.6. The van der Waals surface area contributed by atoms with Gasteiger partial charge >= 0.3 is 11.9 Å². The number of carbonyl (C=O) groups is 2. The van der Waals surface area contributed by atoms with E-state index in [2.05, 4.69) is 0 Å². The first-order valence-corrected chi connectivity index (χ1v) is 7.64. The molecule has 0 saturated heterocycles. The van der Waals surface area contributed by atoms with E-state index in [1.807, 2.05) is 60.7 Å². The number of nitrogens with zero attached hydrogens (tertiary/aromatic N) is 1. The lowest BCUT2D eigenvalue weighted by Crippen LogP contribution is -2.28. The van der Waals surface area contributed by atoms with Gasteiger partial charge in [-0.3, -0.25) is 4.90 Å². The zero-order chi connectivity index (χ0) is 17.8. The van der Waals surface area contributed by atoms with Crippen molar-refractivity contribution < 1.29 is 23.8 Å². The molecular weight excluding hydrogens is 322 g/mol. The van der Waals surface area contributed by atoms with Crippen molar-refractivity contribution in [2.75, 3.05) is 19.1 Å². The first-order chi connectivity index (χ1) is 12.2. The van der Waals surface area contributed by atoms with Crippen LogP contribution in [-0.2, 0) is 23.8 Å². The van der Waals surface area contributed by atoms with Crippen LogP contribution < -0.4 is 4.90 Å². The highest BCUT2D eigenvalue weighted by atomic mass is 16.6. The summed E-state index contributed by atoms with van der Waals surface area (Å²) in [6.07, 6.45) is -0.688. The molecule has 0 N–H and O–H groups in total. The van der Waals surface area contributed by atoms with Crippen LogP contribution in [0.2, 0.25) is 0 Å². The summed E-state index contributed by atoms with van der Waals surface area (Å²) in [5, 5.41) is 0. The van der Waals surface area contributed by atoms with Gasteiger partial charge in [-0.25, -0.2) is 9.59 Å². The lowest BCUT2D eigenvalue weighted by Gasteiger charge is -2.26. The molecule has 0 saturated carbocycles. The van der Waals surface area contributed by atoms with E-state index in [0.717, 1.165) is 5.56 Å². The van der Waals surface area contributed by atoms with E-state index in [0.29, 0.717) is 5.69 Å². The monoisotopic (exact) mass is 339 g/mol. The maximum atomic E-state index is 12.4. The molecule has 0 fully saturated rings. The van der Waals surface area contributed by atoms with Gasteiger partial charge in [0, 0.05) is 11.3 Å². The second-order valence-corrected chi connectivity index (χ2v) is 5.25. The first-order valence-electron chi connectivity index (χ1n) is 7.64. The highest BCUT2D eigenvalue weighted by Gasteiger charge is 2.43. The number of esters is 2. The Kier molecular flexibility index (Phi) is 4.70. The van der Waals surface area contributed by atoms with Gasteiger partial charge in [-0.1, -0.05) is 48.5 Å². The Bertz CT molecular complexity index is 801. The molecule has 1 heterocycles. The summed E-state index contributed by atoms with van der Waals surface area (Å²) in [5.74, 6) is -1.59. The minimum atomic E-state index is -0.736. The van der Waals surface area contributed by atoms with Gasteiger partial charge < -0.3 is 14.2 Å². The number of ether oxygens (including phenoxy) is 3. The van der Waals surface area contributed by atoms with Crippen LogP contribution >= 0.6 is 0 Å². The minimum Gasteiger partial charge on any atom is -0.464 e. The average Bonchev–Trinajstić information content (AvgIpc) is 3.08. The summed E-state index contributed by atoms with van der Waals surface area (Å²) < 4.78 is 15.5. The molecule has 6 heteroatoms. The topological polar surface area (TPSA) is 65.1 Å². The number of hydrogen-bond acceptors (Lipinski definition) is 6. The van der Waals surface area contributed by atoms with Crippen LogP contribution in [0.25, 0.3) is 0 Å². The molecule has 3 rings (SSSR count). The zero-order valence-corrected chi connectivity index (χ0v) is 13.8. The van der Waals surface area contributed by atoms with Crippen LogP contribution in [0.4, 0.5) is 5.69 Å². The number of methoxy groups -OCH3 is 2. The second-order valence-electron chi connectivity index (χ2n) is 5.25. The van der Waals surface area contributed by atoms with Crippen molar-refractivity contribution in [2.24, 2.45) is 0 Å². The smallest absolute Gasteiger partial charge is 0.375 e. The fourth-order valence-corrected chi connectivity index (χ4v) is 2.66. The molecule has 1 atom stereocenters. The van der Waals surface area contributed by atoms with Crippen molar-refractivity contribution in [2.45, 2.75) is 6.23 Å².